The Labute approximate surface area is 111 Å². The molecule has 1 amide bonds. The summed E-state index contributed by atoms with van der Waals surface area (Å²) in [5.41, 5.74) is 7.29. The summed E-state index contributed by atoms with van der Waals surface area (Å²) in [6, 6.07) is 4.93. The molecule has 0 unspecified atom stereocenters. The molecule has 5 N–H and O–H groups in total. The maximum atomic E-state index is 12.4. The highest BCUT2D eigenvalue weighted by molar-refractivity contribution is 6.08. The van der Waals surface area contributed by atoms with Crippen molar-refractivity contribution in [1.29, 1.82) is 0 Å². The van der Waals surface area contributed by atoms with E-state index in [4.69, 9.17) is 5.73 Å². The quantitative estimate of drug-likeness (QED) is 0.677. The molecule has 1 aromatic carbocycles. The zero-order valence-corrected chi connectivity index (χ0v) is 11.4. The van der Waals surface area contributed by atoms with Gasteiger partial charge in [-0.25, -0.2) is 0 Å². The van der Waals surface area contributed by atoms with E-state index in [9.17, 15) is 9.90 Å². The third-order valence-electron chi connectivity index (χ3n) is 3.16. The maximum absolute atomic E-state index is 12.4. The topological polar surface area (TPSA) is 91.1 Å². The number of nitrogens with two attached hydrogens (primary N) is 1. The number of nitrogens with one attached hydrogen (secondary N) is 2. The van der Waals surface area contributed by atoms with E-state index in [2.05, 4.69) is 10.3 Å². The van der Waals surface area contributed by atoms with Crippen LogP contribution in [0.1, 0.15) is 29.9 Å². The largest absolute Gasteiger partial charge is 0.508 e. The molecular formula is C14H19N3O2. The fourth-order valence-electron chi connectivity index (χ4n) is 2.03. The minimum atomic E-state index is -0.468. The zero-order valence-electron chi connectivity index (χ0n) is 11.4. The second-order valence-electron chi connectivity index (χ2n) is 5.40. The lowest BCUT2D eigenvalue weighted by Crippen LogP contribution is -2.48. The lowest BCUT2D eigenvalue weighted by molar-refractivity contribution is 0.0917. The summed E-state index contributed by atoms with van der Waals surface area (Å²) in [5, 5.41) is 13.2. The number of rotatable bonds is 3. The van der Waals surface area contributed by atoms with Gasteiger partial charge in [0, 0.05) is 28.7 Å². The number of phenols is 1. The van der Waals surface area contributed by atoms with E-state index < -0.39 is 5.54 Å². The van der Waals surface area contributed by atoms with Gasteiger partial charge >= 0.3 is 0 Å². The fourth-order valence-corrected chi connectivity index (χ4v) is 2.03. The molecule has 0 spiro atoms. The van der Waals surface area contributed by atoms with Crippen LogP contribution in [0.3, 0.4) is 0 Å². The number of carbonyl (C=O) groups excluding carboxylic acids is 1. The van der Waals surface area contributed by atoms with E-state index >= 15 is 0 Å². The van der Waals surface area contributed by atoms with Crippen LogP contribution >= 0.6 is 0 Å². The molecule has 2 aromatic rings. The van der Waals surface area contributed by atoms with Crippen LogP contribution in [0.2, 0.25) is 0 Å². The highest BCUT2D eigenvalue weighted by Crippen LogP contribution is 2.26. The van der Waals surface area contributed by atoms with Crippen molar-refractivity contribution >= 4 is 16.8 Å². The molecule has 0 saturated heterocycles. The molecule has 0 aliphatic carbocycles. The van der Waals surface area contributed by atoms with E-state index in [0.717, 1.165) is 11.2 Å². The van der Waals surface area contributed by atoms with Crippen molar-refractivity contribution in [2.75, 3.05) is 6.54 Å². The van der Waals surface area contributed by atoms with Crippen LogP contribution in [0.4, 0.5) is 0 Å². The first-order valence-corrected chi connectivity index (χ1v) is 6.18. The van der Waals surface area contributed by atoms with E-state index in [1.165, 1.54) is 0 Å². The van der Waals surface area contributed by atoms with Crippen LogP contribution in [-0.2, 0) is 0 Å². The third-order valence-corrected chi connectivity index (χ3v) is 3.16. The number of carbonyl (C=O) groups is 1. The van der Waals surface area contributed by atoms with E-state index in [-0.39, 0.29) is 11.7 Å². The number of aryl methyl sites for hydroxylation is 1. The zero-order chi connectivity index (χ0) is 14.2. The monoisotopic (exact) mass is 261 g/mol. The van der Waals surface area contributed by atoms with Gasteiger partial charge in [0.2, 0.25) is 0 Å². The number of hydrogen-bond donors (Lipinski definition) is 4. The van der Waals surface area contributed by atoms with Gasteiger partial charge in [-0.3, -0.25) is 4.79 Å². The molecule has 5 nitrogen and oxygen atoms in total. The summed E-state index contributed by atoms with van der Waals surface area (Å²) in [6.07, 6.45) is 0. The molecule has 102 valence electrons. The average molecular weight is 261 g/mol. The van der Waals surface area contributed by atoms with Crippen molar-refractivity contribution in [2.24, 2.45) is 5.73 Å². The molecule has 0 saturated carbocycles. The van der Waals surface area contributed by atoms with Gasteiger partial charge in [0.05, 0.1) is 5.56 Å². The number of aromatic hydroxyl groups is 1. The minimum absolute atomic E-state index is 0.138. The van der Waals surface area contributed by atoms with E-state index in [1.54, 1.807) is 18.2 Å². The Bertz CT molecular complexity index is 629. The van der Waals surface area contributed by atoms with Gasteiger partial charge in [-0.2, -0.15) is 0 Å². The van der Waals surface area contributed by atoms with Crippen LogP contribution in [0.15, 0.2) is 18.2 Å². The van der Waals surface area contributed by atoms with Gasteiger partial charge < -0.3 is 21.1 Å². The minimum Gasteiger partial charge on any atom is -0.508 e. The molecule has 5 heteroatoms. The summed E-state index contributed by atoms with van der Waals surface area (Å²) in [6.45, 7) is 5.92. The summed E-state index contributed by atoms with van der Waals surface area (Å²) in [4.78, 5) is 15.5. The molecule has 19 heavy (non-hydrogen) atoms. The first kappa shape index (κ1) is 13.4. The molecule has 2 rings (SSSR count). The number of aromatic amines is 1. The molecule has 0 aliphatic rings. The number of benzene rings is 1. The SMILES string of the molecule is Cc1[nH]c2ccc(O)cc2c1C(=O)NC(C)(C)CN. The number of phenolic OH excluding ortho intramolecular Hbond substituents is 1. The van der Waals surface area contributed by atoms with Gasteiger partial charge in [-0.05, 0) is 39.0 Å². The molecular weight excluding hydrogens is 242 g/mol. The molecule has 0 aliphatic heterocycles. The first-order chi connectivity index (χ1) is 8.84. The van der Waals surface area contributed by atoms with Crippen LogP contribution in [0.25, 0.3) is 10.9 Å². The second kappa shape index (κ2) is 4.59. The van der Waals surface area contributed by atoms with Crippen molar-refractivity contribution in [3.8, 4) is 5.75 Å². The molecule has 0 atom stereocenters. The molecule has 1 aromatic heterocycles. The number of fused-ring (bicyclic) bond motifs is 1. The standard InChI is InChI=1S/C14H19N3O2/c1-8-12(13(19)17-14(2,3)7-15)10-6-9(18)4-5-11(10)16-8/h4-6,16,18H,7,15H2,1-3H3,(H,17,19). The molecule has 0 bridgehead atoms. The highest BCUT2D eigenvalue weighted by Gasteiger charge is 2.23. The van der Waals surface area contributed by atoms with Gasteiger partial charge in [0.1, 0.15) is 5.75 Å². The Morgan fingerprint density at radius 1 is 1.47 bits per heavy atom. The van der Waals surface area contributed by atoms with Crippen LogP contribution in [0, 0.1) is 6.92 Å². The smallest absolute Gasteiger partial charge is 0.254 e. The number of hydrogen-bond acceptors (Lipinski definition) is 3. The van der Waals surface area contributed by atoms with E-state index in [1.807, 2.05) is 20.8 Å². The number of H-pyrrole nitrogens is 1. The van der Waals surface area contributed by atoms with Gasteiger partial charge in [-0.1, -0.05) is 0 Å². The lowest BCUT2D eigenvalue weighted by Gasteiger charge is -2.24. The number of aromatic nitrogens is 1. The average Bonchev–Trinajstić information content (AvgIpc) is 2.64. The summed E-state index contributed by atoms with van der Waals surface area (Å²) < 4.78 is 0. The molecule has 0 radical (unpaired) electrons. The fraction of sp³-hybridized carbons (Fsp3) is 0.357. The Hall–Kier alpha value is -2.01. The predicted molar refractivity (Wildman–Crippen MR) is 75.3 cm³/mol. The normalized spacial score (nSPS) is 11.8. The van der Waals surface area contributed by atoms with Gasteiger partial charge in [0.15, 0.2) is 0 Å². The van der Waals surface area contributed by atoms with Crippen LogP contribution in [-0.4, -0.2) is 28.1 Å². The number of amides is 1. The Morgan fingerprint density at radius 3 is 2.79 bits per heavy atom. The second-order valence-corrected chi connectivity index (χ2v) is 5.40. The van der Waals surface area contributed by atoms with Crippen molar-refractivity contribution in [1.82, 2.24) is 10.3 Å². The van der Waals surface area contributed by atoms with E-state index in [0.29, 0.717) is 17.5 Å². The predicted octanol–water partition coefficient (Wildman–Crippen LogP) is 1.65. The summed E-state index contributed by atoms with van der Waals surface area (Å²) in [7, 11) is 0. The first-order valence-electron chi connectivity index (χ1n) is 6.18. The van der Waals surface area contributed by atoms with Crippen molar-refractivity contribution in [2.45, 2.75) is 26.3 Å². The molecule has 1 heterocycles. The summed E-state index contributed by atoms with van der Waals surface area (Å²) in [5.74, 6) is -0.0524. The van der Waals surface area contributed by atoms with Gasteiger partial charge in [-0.15, -0.1) is 0 Å². The maximum Gasteiger partial charge on any atom is 0.254 e. The lowest BCUT2D eigenvalue weighted by atomic mass is 10.0. The Kier molecular flexibility index (Phi) is 3.24. The Morgan fingerprint density at radius 2 is 2.16 bits per heavy atom. The molecule has 0 fully saturated rings. The van der Waals surface area contributed by atoms with Crippen molar-refractivity contribution in [3.05, 3.63) is 29.5 Å². The van der Waals surface area contributed by atoms with Crippen molar-refractivity contribution < 1.29 is 9.90 Å². The Balaban J connectivity index is 2.47. The highest BCUT2D eigenvalue weighted by atomic mass is 16.3. The van der Waals surface area contributed by atoms with Crippen LogP contribution in [0.5, 0.6) is 5.75 Å². The van der Waals surface area contributed by atoms with Crippen molar-refractivity contribution in [3.63, 3.8) is 0 Å². The summed E-state index contributed by atoms with van der Waals surface area (Å²) >= 11 is 0. The third kappa shape index (κ3) is 2.56. The van der Waals surface area contributed by atoms with Gasteiger partial charge in [0.25, 0.3) is 5.91 Å². The van der Waals surface area contributed by atoms with Crippen LogP contribution < -0.4 is 11.1 Å².